The van der Waals surface area contributed by atoms with Crippen LogP contribution in [0.25, 0.3) is 22.2 Å². The van der Waals surface area contributed by atoms with Crippen LogP contribution in [0, 0.1) is 5.82 Å². The Bertz CT molecular complexity index is 983. The first-order valence-electron chi connectivity index (χ1n) is 9.16. The predicted molar refractivity (Wildman–Crippen MR) is 105 cm³/mol. The van der Waals surface area contributed by atoms with E-state index in [1.165, 1.54) is 12.4 Å². The number of likely N-dealkylation sites (N-methyl/N-ethyl adjacent to an activating group) is 1. The lowest BCUT2D eigenvalue weighted by atomic mass is 10.0. The monoisotopic (exact) mass is 364 g/mol. The number of aldehydes is 1. The maximum atomic E-state index is 14.9. The third-order valence-corrected chi connectivity index (χ3v) is 5.18. The van der Waals surface area contributed by atoms with Crippen LogP contribution < -0.4 is 4.90 Å². The molecule has 2 heterocycles. The van der Waals surface area contributed by atoms with E-state index in [0.717, 1.165) is 49.9 Å². The van der Waals surface area contributed by atoms with Crippen molar-refractivity contribution in [2.75, 3.05) is 37.6 Å². The summed E-state index contributed by atoms with van der Waals surface area (Å²) >= 11 is 0. The molecule has 3 aromatic rings. The predicted octanol–water partition coefficient (Wildman–Crippen LogP) is 3.39. The first kappa shape index (κ1) is 17.5. The number of nitrogens with zero attached hydrogens (tertiary/aromatic N) is 4. The second-order valence-corrected chi connectivity index (χ2v) is 6.70. The van der Waals surface area contributed by atoms with Gasteiger partial charge in [0.15, 0.2) is 0 Å². The van der Waals surface area contributed by atoms with Gasteiger partial charge in [-0.05, 0) is 36.9 Å². The lowest BCUT2D eigenvalue weighted by Gasteiger charge is -2.35. The lowest BCUT2D eigenvalue weighted by molar-refractivity contribution is 0.112. The van der Waals surface area contributed by atoms with Crippen molar-refractivity contribution in [1.29, 1.82) is 0 Å². The first-order valence-corrected chi connectivity index (χ1v) is 9.16. The van der Waals surface area contributed by atoms with Crippen LogP contribution in [0.4, 0.5) is 10.1 Å². The van der Waals surface area contributed by atoms with E-state index >= 15 is 0 Å². The van der Waals surface area contributed by atoms with Gasteiger partial charge < -0.3 is 9.80 Å². The molecule has 1 aliphatic heterocycles. The average Bonchev–Trinajstić information content (AvgIpc) is 2.73. The lowest BCUT2D eigenvalue weighted by Crippen LogP contribution is -2.46. The molecule has 6 heteroatoms. The van der Waals surface area contributed by atoms with Gasteiger partial charge in [0, 0.05) is 42.7 Å². The second kappa shape index (κ2) is 7.40. The Morgan fingerprint density at radius 1 is 1.07 bits per heavy atom. The Kier molecular flexibility index (Phi) is 4.81. The SMILES string of the molecule is CCN1CCN(c2ccc(-c3ncnc4ccc(C=O)cc34)cc2F)CC1. The van der Waals surface area contributed by atoms with E-state index in [0.29, 0.717) is 22.5 Å². The summed E-state index contributed by atoms with van der Waals surface area (Å²) < 4.78 is 14.9. The number of piperazine rings is 1. The van der Waals surface area contributed by atoms with Crippen molar-refractivity contribution in [3.8, 4) is 11.3 Å². The first-order chi connectivity index (χ1) is 13.2. The fourth-order valence-corrected chi connectivity index (χ4v) is 3.59. The highest BCUT2D eigenvalue weighted by molar-refractivity contribution is 5.95. The number of anilines is 1. The Balaban J connectivity index is 1.69. The number of hydrogen-bond acceptors (Lipinski definition) is 5. The molecule has 0 aliphatic carbocycles. The minimum atomic E-state index is -0.254. The summed E-state index contributed by atoms with van der Waals surface area (Å²) in [5.41, 5.74) is 3.21. The number of rotatable bonds is 4. The van der Waals surface area contributed by atoms with Gasteiger partial charge in [0.2, 0.25) is 0 Å². The zero-order chi connectivity index (χ0) is 18.8. The Morgan fingerprint density at radius 3 is 2.59 bits per heavy atom. The van der Waals surface area contributed by atoms with Gasteiger partial charge in [0.25, 0.3) is 0 Å². The summed E-state index contributed by atoms with van der Waals surface area (Å²) in [6.07, 6.45) is 2.25. The van der Waals surface area contributed by atoms with E-state index in [-0.39, 0.29) is 5.82 Å². The van der Waals surface area contributed by atoms with Gasteiger partial charge in [-0.1, -0.05) is 13.0 Å². The molecule has 4 rings (SSSR count). The number of halogens is 1. The van der Waals surface area contributed by atoms with Gasteiger partial charge in [-0.2, -0.15) is 0 Å². The third-order valence-electron chi connectivity index (χ3n) is 5.18. The van der Waals surface area contributed by atoms with Crippen molar-refractivity contribution in [2.24, 2.45) is 0 Å². The topological polar surface area (TPSA) is 49.3 Å². The molecule has 27 heavy (non-hydrogen) atoms. The number of hydrogen-bond donors (Lipinski definition) is 0. The van der Waals surface area contributed by atoms with Crippen molar-refractivity contribution in [2.45, 2.75) is 6.92 Å². The summed E-state index contributed by atoms with van der Waals surface area (Å²) in [5, 5.41) is 0.741. The van der Waals surface area contributed by atoms with Crippen molar-refractivity contribution in [1.82, 2.24) is 14.9 Å². The van der Waals surface area contributed by atoms with Crippen molar-refractivity contribution < 1.29 is 9.18 Å². The number of benzene rings is 2. The number of carbonyl (C=O) groups is 1. The Hall–Kier alpha value is -2.86. The van der Waals surface area contributed by atoms with E-state index < -0.39 is 0 Å². The highest BCUT2D eigenvalue weighted by Gasteiger charge is 2.19. The average molecular weight is 364 g/mol. The third kappa shape index (κ3) is 3.40. The summed E-state index contributed by atoms with van der Waals surface area (Å²) in [4.78, 5) is 24.1. The molecule has 1 fully saturated rings. The molecule has 5 nitrogen and oxygen atoms in total. The van der Waals surface area contributed by atoms with E-state index in [4.69, 9.17) is 0 Å². The van der Waals surface area contributed by atoms with Crippen LogP contribution in [-0.2, 0) is 0 Å². The van der Waals surface area contributed by atoms with Crippen LogP contribution in [0.15, 0.2) is 42.7 Å². The van der Waals surface area contributed by atoms with Gasteiger partial charge in [-0.15, -0.1) is 0 Å². The quantitative estimate of drug-likeness (QED) is 0.664. The van der Waals surface area contributed by atoms with E-state index in [2.05, 4.69) is 26.7 Å². The van der Waals surface area contributed by atoms with Crippen LogP contribution in [0.2, 0.25) is 0 Å². The van der Waals surface area contributed by atoms with E-state index in [1.807, 2.05) is 12.1 Å². The zero-order valence-electron chi connectivity index (χ0n) is 15.2. The summed E-state index contributed by atoms with van der Waals surface area (Å²) in [6, 6.07) is 10.5. The van der Waals surface area contributed by atoms with Crippen molar-refractivity contribution >= 4 is 22.9 Å². The molecule has 1 aliphatic rings. The maximum absolute atomic E-state index is 14.9. The molecular formula is C21H21FN4O. The molecule has 0 radical (unpaired) electrons. The van der Waals surface area contributed by atoms with Crippen LogP contribution in [0.3, 0.4) is 0 Å². The highest BCUT2D eigenvalue weighted by atomic mass is 19.1. The Labute approximate surface area is 157 Å². The van der Waals surface area contributed by atoms with Crippen LogP contribution in [-0.4, -0.2) is 53.9 Å². The molecular weight excluding hydrogens is 343 g/mol. The molecule has 0 N–H and O–H groups in total. The normalized spacial score (nSPS) is 15.3. The Morgan fingerprint density at radius 2 is 1.89 bits per heavy atom. The largest absolute Gasteiger partial charge is 0.367 e. The molecule has 0 amide bonds. The standard InChI is InChI=1S/C21H21FN4O/c1-2-25-7-9-26(10-8-25)20-6-4-16(12-18(20)22)21-17-11-15(13-27)3-5-19(17)23-14-24-21/h3-6,11-14H,2,7-10H2,1H3. The second-order valence-electron chi connectivity index (χ2n) is 6.70. The van der Waals surface area contributed by atoms with Crippen LogP contribution >= 0.6 is 0 Å². The summed E-state index contributed by atoms with van der Waals surface area (Å²) in [7, 11) is 0. The fourth-order valence-electron chi connectivity index (χ4n) is 3.59. The van der Waals surface area contributed by atoms with Crippen LogP contribution in [0.5, 0.6) is 0 Å². The summed E-state index contributed by atoms with van der Waals surface area (Å²) in [5.74, 6) is -0.254. The van der Waals surface area contributed by atoms with Gasteiger partial charge >= 0.3 is 0 Å². The molecule has 138 valence electrons. The van der Waals surface area contributed by atoms with Crippen LogP contribution in [0.1, 0.15) is 17.3 Å². The highest BCUT2D eigenvalue weighted by Crippen LogP contribution is 2.30. The van der Waals surface area contributed by atoms with Gasteiger partial charge in [0.05, 0.1) is 16.9 Å². The van der Waals surface area contributed by atoms with Gasteiger partial charge in [0.1, 0.15) is 18.4 Å². The van der Waals surface area contributed by atoms with Gasteiger partial charge in [-0.25, -0.2) is 14.4 Å². The minimum absolute atomic E-state index is 0.254. The maximum Gasteiger partial charge on any atom is 0.150 e. The number of aromatic nitrogens is 2. The van der Waals surface area contributed by atoms with Gasteiger partial charge in [-0.3, -0.25) is 4.79 Å². The van der Waals surface area contributed by atoms with Crippen molar-refractivity contribution in [3.63, 3.8) is 0 Å². The summed E-state index contributed by atoms with van der Waals surface area (Å²) in [6.45, 7) is 6.71. The fraction of sp³-hybridized carbons (Fsp3) is 0.286. The smallest absolute Gasteiger partial charge is 0.150 e. The van der Waals surface area contributed by atoms with E-state index in [1.54, 1.807) is 18.2 Å². The van der Waals surface area contributed by atoms with E-state index in [9.17, 15) is 9.18 Å². The minimum Gasteiger partial charge on any atom is -0.367 e. The molecule has 0 bridgehead atoms. The molecule has 0 atom stereocenters. The number of fused-ring (bicyclic) bond motifs is 1. The molecule has 1 aromatic heterocycles. The molecule has 2 aromatic carbocycles. The number of carbonyl (C=O) groups excluding carboxylic acids is 1. The molecule has 0 saturated carbocycles. The molecule has 1 saturated heterocycles. The molecule has 0 unspecified atom stereocenters. The van der Waals surface area contributed by atoms with Crippen molar-refractivity contribution in [3.05, 3.63) is 54.1 Å². The molecule has 0 spiro atoms. The zero-order valence-corrected chi connectivity index (χ0v) is 15.2.